The molecule has 0 radical (unpaired) electrons. The first-order valence-electron chi connectivity index (χ1n) is 11.5. The van der Waals surface area contributed by atoms with Crippen LogP contribution in [0.1, 0.15) is 46.3 Å². The van der Waals surface area contributed by atoms with Gasteiger partial charge < -0.3 is 15.0 Å². The molecule has 3 atom stereocenters. The predicted octanol–water partition coefficient (Wildman–Crippen LogP) is 5.71. The molecule has 3 heterocycles. The zero-order valence-corrected chi connectivity index (χ0v) is 18.3. The Hall–Kier alpha value is -3.88. The highest BCUT2D eigenvalue weighted by atomic mass is 19.4. The predicted molar refractivity (Wildman–Crippen MR) is 121 cm³/mol. The number of aromatic amines is 1. The van der Waals surface area contributed by atoms with E-state index in [0.717, 1.165) is 29.9 Å². The molecule has 1 aliphatic heterocycles. The van der Waals surface area contributed by atoms with Crippen LogP contribution in [0, 0.1) is 5.92 Å². The van der Waals surface area contributed by atoms with E-state index >= 15 is 0 Å². The Morgan fingerprint density at radius 2 is 1.91 bits per heavy atom. The van der Waals surface area contributed by atoms with Crippen LogP contribution in [-0.4, -0.2) is 20.9 Å². The van der Waals surface area contributed by atoms with Crippen LogP contribution in [0.5, 0.6) is 11.5 Å². The number of halogens is 3. The SMILES string of the molecule is O=C1CCc2c(Oc3ccc4c(c3)[C@H]3[C@@H](C4)[C@@H]3c3nc4ccc(C(F)(F)F)cc4[nH]3)ccnc2N1. The van der Waals surface area contributed by atoms with Gasteiger partial charge in [0.1, 0.15) is 23.1 Å². The molecule has 2 aromatic heterocycles. The molecule has 3 aliphatic rings. The number of amides is 1. The number of nitrogens with one attached hydrogen (secondary N) is 2. The number of benzene rings is 2. The third-order valence-electron chi connectivity index (χ3n) is 7.34. The van der Waals surface area contributed by atoms with Crippen molar-refractivity contribution < 1.29 is 22.7 Å². The molecule has 0 bridgehead atoms. The van der Waals surface area contributed by atoms with Gasteiger partial charge in [0.25, 0.3) is 0 Å². The maximum absolute atomic E-state index is 13.1. The first-order chi connectivity index (χ1) is 16.8. The lowest BCUT2D eigenvalue weighted by atomic mass is 10.0. The number of hydrogen-bond acceptors (Lipinski definition) is 4. The van der Waals surface area contributed by atoms with E-state index in [1.807, 2.05) is 6.07 Å². The van der Waals surface area contributed by atoms with Crippen molar-refractivity contribution in [3.63, 3.8) is 0 Å². The van der Waals surface area contributed by atoms with Gasteiger partial charge in [-0.3, -0.25) is 4.79 Å². The molecule has 1 amide bonds. The average Bonchev–Trinajstić information content (AvgIpc) is 3.18. The van der Waals surface area contributed by atoms with Gasteiger partial charge in [-0.2, -0.15) is 13.2 Å². The minimum absolute atomic E-state index is 0.0503. The summed E-state index contributed by atoms with van der Waals surface area (Å²) in [5.41, 5.74) is 3.63. The van der Waals surface area contributed by atoms with Crippen LogP contribution < -0.4 is 10.1 Å². The third-order valence-corrected chi connectivity index (χ3v) is 7.34. The van der Waals surface area contributed by atoms with E-state index in [0.29, 0.717) is 47.1 Å². The van der Waals surface area contributed by atoms with Crippen LogP contribution in [0.4, 0.5) is 19.0 Å². The Morgan fingerprint density at radius 1 is 1.03 bits per heavy atom. The molecule has 176 valence electrons. The number of aromatic nitrogens is 3. The molecule has 4 aromatic rings. The standard InChI is InChI=1S/C26H19F3N4O2/c27-26(28,29)13-2-5-18-19(10-13)32-25(31-18)23-17-9-12-1-3-14(11-16(12)22(17)23)35-20-7-8-30-24-15(20)4-6-21(34)33-24/h1-3,5,7-8,10-11,17,22-23H,4,6,9H2,(H,31,32)(H,30,33,34)/t17-,22+,23+/m1/s1. The summed E-state index contributed by atoms with van der Waals surface area (Å²) in [4.78, 5) is 23.7. The first-order valence-corrected chi connectivity index (χ1v) is 11.5. The highest BCUT2D eigenvalue weighted by molar-refractivity contribution is 5.93. The maximum Gasteiger partial charge on any atom is 0.416 e. The lowest BCUT2D eigenvalue weighted by Gasteiger charge is -2.19. The normalized spacial score (nSPS) is 22.4. The summed E-state index contributed by atoms with van der Waals surface area (Å²) in [6, 6.07) is 11.5. The lowest BCUT2D eigenvalue weighted by molar-refractivity contribution is -0.137. The van der Waals surface area contributed by atoms with Crippen LogP contribution in [0.15, 0.2) is 48.7 Å². The van der Waals surface area contributed by atoms with E-state index in [-0.39, 0.29) is 17.7 Å². The van der Waals surface area contributed by atoms with Gasteiger partial charge in [0.15, 0.2) is 0 Å². The van der Waals surface area contributed by atoms with E-state index in [2.05, 4.69) is 32.4 Å². The number of anilines is 1. The summed E-state index contributed by atoms with van der Waals surface area (Å²) in [5.74, 6) is 3.42. The summed E-state index contributed by atoms with van der Waals surface area (Å²) in [7, 11) is 0. The molecule has 2 N–H and O–H groups in total. The Balaban J connectivity index is 1.16. The molecular formula is C26H19F3N4O2. The number of fused-ring (bicyclic) bond motifs is 5. The van der Waals surface area contributed by atoms with E-state index < -0.39 is 11.7 Å². The van der Waals surface area contributed by atoms with E-state index in [1.165, 1.54) is 17.2 Å². The van der Waals surface area contributed by atoms with Gasteiger partial charge in [-0.25, -0.2) is 9.97 Å². The number of imidazole rings is 1. The van der Waals surface area contributed by atoms with Crippen molar-refractivity contribution in [2.75, 3.05) is 5.32 Å². The van der Waals surface area contributed by atoms with Gasteiger partial charge in [-0.15, -0.1) is 0 Å². The van der Waals surface area contributed by atoms with Crippen molar-refractivity contribution in [2.24, 2.45) is 5.92 Å². The molecule has 2 aliphatic carbocycles. The number of carbonyl (C=O) groups excluding carboxylic acids is 1. The van der Waals surface area contributed by atoms with Gasteiger partial charge in [0, 0.05) is 24.1 Å². The summed E-state index contributed by atoms with van der Waals surface area (Å²) in [6.45, 7) is 0. The van der Waals surface area contributed by atoms with Crippen molar-refractivity contribution in [1.29, 1.82) is 0 Å². The van der Waals surface area contributed by atoms with E-state index in [1.54, 1.807) is 12.3 Å². The Kier molecular flexibility index (Phi) is 4.14. The Labute approximate surface area is 197 Å². The second-order valence-corrected chi connectivity index (χ2v) is 9.42. The highest BCUT2D eigenvalue weighted by Crippen LogP contribution is 2.66. The van der Waals surface area contributed by atoms with Crippen molar-refractivity contribution in [1.82, 2.24) is 15.0 Å². The Bertz CT molecular complexity index is 1530. The van der Waals surface area contributed by atoms with Crippen LogP contribution in [-0.2, 0) is 23.8 Å². The van der Waals surface area contributed by atoms with Crippen molar-refractivity contribution in [3.05, 3.63) is 76.7 Å². The van der Waals surface area contributed by atoms with Gasteiger partial charge >= 0.3 is 6.18 Å². The van der Waals surface area contributed by atoms with Crippen molar-refractivity contribution in [3.8, 4) is 11.5 Å². The van der Waals surface area contributed by atoms with E-state index in [4.69, 9.17) is 4.74 Å². The molecule has 0 spiro atoms. The lowest BCUT2D eigenvalue weighted by Crippen LogP contribution is -2.20. The molecule has 9 heteroatoms. The molecular weight excluding hydrogens is 457 g/mol. The summed E-state index contributed by atoms with van der Waals surface area (Å²) >= 11 is 0. The number of nitrogens with zero attached hydrogens (tertiary/aromatic N) is 2. The van der Waals surface area contributed by atoms with Crippen LogP contribution in [0.25, 0.3) is 11.0 Å². The Morgan fingerprint density at radius 3 is 2.77 bits per heavy atom. The third kappa shape index (κ3) is 3.29. The molecule has 1 fully saturated rings. The summed E-state index contributed by atoms with van der Waals surface area (Å²) < 4.78 is 45.5. The van der Waals surface area contributed by atoms with Crippen LogP contribution in [0.2, 0.25) is 0 Å². The monoisotopic (exact) mass is 476 g/mol. The molecule has 0 saturated heterocycles. The van der Waals surface area contributed by atoms with E-state index in [9.17, 15) is 18.0 Å². The summed E-state index contributed by atoms with van der Waals surface area (Å²) in [5, 5.41) is 2.79. The van der Waals surface area contributed by atoms with Crippen molar-refractivity contribution in [2.45, 2.75) is 37.3 Å². The summed E-state index contributed by atoms with van der Waals surface area (Å²) in [6.07, 6.45) is -0.889. The second kappa shape index (κ2) is 7.07. The van der Waals surface area contributed by atoms with Crippen molar-refractivity contribution >= 4 is 22.8 Å². The highest BCUT2D eigenvalue weighted by Gasteiger charge is 2.57. The fourth-order valence-electron chi connectivity index (χ4n) is 5.65. The topological polar surface area (TPSA) is 79.9 Å². The molecule has 0 unspecified atom stereocenters. The molecule has 35 heavy (non-hydrogen) atoms. The number of pyridine rings is 1. The fraction of sp³-hybridized carbons (Fsp3) is 0.269. The van der Waals surface area contributed by atoms with Gasteiger partial charge in [-0.05, 0) is 72.2 Å². The maximum atomic E-state index is 13.1. The molecule has 2 aromatic carbocycles. The fourth-order valence-corrected chi connectivity index (χ4v) is 5.65. The quantitative estimate of drug-likeness (QED) is 0.397. The minimum Gasteiger partial charge on any atom is -0.457 e. The minimum atomic E-state index is -4.38. The zero-order valence-electron chi connectivity index (χ0n) is 18.3. The van der Waals surface area contributed by atoms with Gasteiger partial charge in [0.05, 0.1) is 16.6 Å². The zero-order chi connectivity index (χ0) is 23.9. The van der Waals surface area contributed by atoms with Crippen LogP contribution in [0.3, 0.4) is 0 Å². The molecule has 7 rings (SSSR count). The molecule has 6 nitrogen and oxygen atoms in total. The number of rotatable bonds is 3. The second-order valence-electron chi connectivity index (χ2n) is 9.42. The number of carbonyl (C=O) groups is 1. The molecule has 1 saturated carbocycles. The largest absolute Gasteiger partial charge is 0.457 e. The van der Waals surface area contributed by atoms with Gasteiger partial charge in [0.2, 0.25) is 5.91 Å². The average molecular weight is 476 g/mol. The smallest absolute Gasteiger partial charge is 0.416 e. The number of hydrogen-bond donors (Lipinski definition) is 2. The number of alkyl halides is 3. The van der Waals surface area contributed by atoms with Crippen LogP contribution >= 0.6 is 0 Å². The number of H-pyrrole nitrogens is 1. The van der Waals surface area contributed by atoms with Gasteiger partial charge in [-0.1, -0.05) is 6.07 Å². The number of ether oxygens (including phenoxy) is 1. The first kappa shape index (κ1) is 20.5.